The maximum absolute atomic E-state index is 10.3. The van der Waals surface area contributed by atoms with E-state index in [1.807, 2.05) is 30.5 Å². The molecule has 1 aromatic heterocycles. The molecular formula is C15H12NNaO2. The van der Waals surface area contributed by atoms with E-state index in [2.05, 4.69) is 17.1 Å². The molecule has 0 atom stereocenters. The van der Waals surface area contributed by atoms with Gasteiger partial charge in [0, 0.05) is 11.6 Å². The van der Waals surface area contributed by atoms with Crippen LogP contribution in [-0.2, 0) is 9.59 Å². The number of nitrogens with zero attached hydrogens (tertiary/aromatic N) is 1. The Morgan fingerprint density at radius 1 is 0.737 bits per heavy atom. The predicted octanol–water partition coefficient (Wildman–Crippen LogP) is 1.84. The van der Waals surface area contributed by atoms with Gasteiger partial charge in [-0.2, -0.15) is 0 Å². The fraction of sp³-hybridized carbons (Fsp3) is 0. The van der Waals surface area contributed by atoms with E-state index in [0.717, 1.165) is 5.52 Å². The van der Waals surface area contributed by atoms with Crippen molar-refractivity contribution in [1.29, 1.82) is 0 Å². The third-order valence-corrected chi connectivity index (χ3v) is 2.34. The summed E-state index contributed by atoms with van der Waals surface area (Å²) in [5, 5.41) is 1.20. The number of benzene rings is 1. The van der Waals surface area contributed by atoms with E-state index in [-0.39, 0.29) is 41.1 Å². The van der Waals surface area contributed by atoms with Crippen LogP contribution in [0.25, 0.3) is 10.9 Å². The Bertz CT molecular complexity index is 544. The summed E-state index contributed by atoms with van der Waals surface area (Å²) in [6.45, 7) is 0. The second kappa shape index (κ2) is 7.79. The van der Waals surface area contributed by atoms with Crippen LogP contribution in [0.15, 0.2) is 66.9 Å². The van der Waals surface area contributed by atoms with Crippen LogP contribution in [-0.4, -0.2) is 46.1 Å². The van der Waals surface area contributed by atoms with Crippen LogP contribution < -0.4 is 0 Å². The van der Waals surface area contributed by atoms with E-state index in [4.69, 9.17) is 0 Å². The minimum atomic E-state index is -0.121. The quantitative estimate of drug-likeness (QED) is 0.537. The Hall–Kier alpha value is -1.55. The topological polar surface area (TPSA) is 47.0 Å². The molecule has 0 bridgehead atoms. The number of para-hydroxylation sites is 1. The molecule has 0 amide bonds. The number of fused-ring (bicyclic) bond motifs is 1. The van der Waals surface area contributed by atoms with Gasteiger partial charge in [-0.25, -0.2) is 0 Å². The molecule has 2 aromatic rings. The molecule has 0 aliphatic heterocycles. The van der Waals surface area contributed by atoms with Crippen LogP contribution in [0.4, 0.5) is 0 Å². The maximum Gasteiger partial charge on any atom is 0.0701 e. The molecule has 0 unspecified atom stereocenters. The SMILES string of the molecule is O=C1C=CC(=O)C=C1.[NaH].c1ccc2ncccc2c1. The second-order valence-corrected chi connectivity index (χ2v) is 3.67. The molecule has 1 aliphatic rings. The van der Waals surface area contributed by atoms with E-state index in [1.165, 1.54) is 29.7 Å². The fourth-order valence-electron chi connectivity index (χ4n) is 1.46. The molecule has 0 spiro atoms. The first-order chi connectivity index (χ1) is 8.75. The number of carbonyl (C=O) groups is 2. The average molecular weight is 261 g/mol. The van der Waals surface area contributed by atoms with Gasteiger partial charge >= 0.3 is 29.6 Å². The third kappa shape index (κ3) is 4.91. The number of aromatic nitrogens is 1. The summed E-state index contributed by atoms with van der Waals surface area (Å²) in [5.41, 5.74) is 1.06. The number of carbonyl (C=O) groups excluding carboxylic acids is 2. The Balaban J connectivity index is 0.000000185. The zero-order valence-electron chi connectivity index (χ0n) is 9.61. The first-order valence-corrected chi connectivity index (χ1v) is 5.49. The third-order valence-electron chi connectivity index (χ3n) is 2.34. The number of pyridine rings is 1. The van der Waals surface area contributed by atoms with Gasteiger partial charge in [-0.15, -0.1) is 0 Å². The van der Waals surface area contributed by atoms with E-state index in [1.54, 1.807) is 0 Å². The van der Waals surface area contributed by atoms with Gasteiger partial charge in [-0.3, -0.25) is 14.6 Å². The van der Waals surface area contributed by atoms with Gasteiger partial charge in [0.05, 0.1) is 5.52 Å². The van der Waals surface area contributed by atoms with Gasteiger partial charge in [-0.1, -0.05) is 24.3 Å². The molecule has 0 saturated heterocycles. The van der Waals surface area contributed by atoms with Crippen molar-refractivity contribution in [2.24, 2.45) is 0 Å². The molecule has 3 nitrogen and oxygen atoms in total. The Morgan fingerprint density at radius 3 is 1.84 bits per heavy atom. The van der Waals surface area contributed by atoms with Crippen LogP contribution in [0, 0.1) is 0 Å². The molecule has 0 saturated carbocycles. The van der Waals surface area contributed by atoms with Crippen molar-refractivity contribution >= 4 is 52.0 Å². The van der Waals surface area contributed by atoms with Crippen LogP contribution in [0.1, 0.15) is 0 Å². The largest absolute Gasteiger partial charge is 0.256 e. The van der Waals surface area contributed by atoms with Crippen molar-refractivity contribution in [3.8, 4) is 0 Å². The molecule has 1 heterocycles. The van der Waals surface area contributed by atoms with Gasteiger partial charge in [0.15, 0.2) is 11.6 Å². The number of ketones is 2. The van der Waals surface area contributed by atoms with Crippen molar-refractivity contribution in [2.75, 3.05) is 0 Å². The van der Waals surface area contributed by atoms with Crippen molar-refractivity contribution in [3.63, 3.8) is 0 Å². The summed E-state index contributed by atoms with van der Waals surface area (Å²) >= 11 is 0. The summed E-state index contributed by atoms with van der Waals surface area (Å²) < 4.78 is 0. The number of hydrogen-bond donors (Lipinski definition) is 0. The van der Waals surface area contributed by atoms with Crippen molar-refractivity contribution < 1.29 is 9.59 Å². The smallest absolute Gasteiger partial charge is 0.0701 e. The first kappa shape index (κ1) is 15.5. The molecular weight excluding hydrogens is 249 g/mol. The summed E-state index contributed by atoms with van der Waals surface area (Å²) in [6.07, 6.45) is 6.82. The van der Waals surface area contributed by atoms with Crippen molar-refractivity contribution in [2.45, 2.75) is 0 Å². The zero-order chi connectivity index (χ0) is 12.8. The normalized spacial score (nSPS) is 12.6. The summed E-state index contributed by atoms with van der Waals surface area (Å²) in [6, 6.07) is 12.1. The Labute approximate surface area is 133 Å². The maximum atomic E-state index is 10.3. The summed E-state index contributed by atoms with van der Waals surface area (Å²) in [5.74, 6) is -0.241. The Kier molecular flexibility index (Phi) is 6.36. The van der Waals surface area contributed by atoms with Gasteiger partial charge in [0.25, 0.3) is 0 Å². The fourth-order valence-corrected chi connectivity index (χ4v) is 1.46. The molecule has 90 valence electrons. The Morgan fingerprint density at radius 2 is 1.26 bits per heavy atom. The van der Waals surface area contributed by atoms with Crippen LogP contribution >= 0.6 is 0 Å². The van der Waals surface area contributed by atoms with Gasteiger partial charge in [-0.05, 0) is 36.4 Å². The standard InChI is InChI=1S/C9H7N.C6H4O2.Na.H/c1-2-6-9-8(4-1)5-3-7-10-9;7-5-1-2-6(8)4-3-5;;/h1-7H;1-4H;;. The van der Waals surface area contributed by atoms with Crippen LogP contribution in [0.5, 0.6) is 0 Å². The molecule has 1 aromatic carbocycles. The van der Waals surface area contributed by atoms with Crippen LogP contribution in [0.2, 0.25) is 0 Å². The summed E-state index contributed by atoms with van der Waals surface area (Å²) in [4.78, 5) is 24.7. The van der Waals surface area contributed by atoms with Crippen LogP contribution in [0.3, 0.4) is 0 Å². The number of rotatable bonds is 0. The molecule has 0 fully saturated rings. The van der Waals surface area contributed by atoms with Gasteiger partial charge < -0.3 is 0 Å². The molecule has 0 N–H and O–H groups in total. The second-order valence-electron chi connectivity index (χ2n) is 3.67. The van der Waals surface area contributed by atoms with Gasteiger partial charge in [0.1, 0.15) is 0 Å². The summed E-state index contributed by atoms with van der Waals surface area (Å²) in [7, 11) is 0. The van der Waals surface area contributed by atoms with Gasteiger partial charge in [0.2, 0.25) is 0 Å². The van der Waals surface area contributed by atoms with E-state index >= 15 is 0 Å². The molecule has 1 aliphatic carbocycles. The van der Waals surface area contributed by atoms with E-state index in [9.17, 15) is 9.59 Å². The minimum Gasteiger partial charge on any atom is -0.256 e. The van der Waals surface area contributed by atoms with Crippen molar-refractivity contribution in [3.05, 3.63) is 66.9 Å². The van der Waals surface area contributed by atoms with E-state index < -0.39 is 0 Å². The molecule has 19 heavy (non-hydrogen) atoms. The monoisotopic (exact) mass is 261 g/mol. The number of hydrogen-bond acceptors (Lipinski definition) is 3. The van der Waals surface area contributed by atoms with Crippen molar-refractivity contribution in [1.82, 2.24) is 4.98 Å². The minimum absolute atomic E-state index is 0. The zero-order valence-corrected chi connectivity index (χ0v) is 9.61. The average Bonchev–Trinajstić information content (AvgIpc) is 2.43. The molecule has 4 heteroatoms. The van der Waals surface area contributed by atoms with E-state index in [0.29, 0.717) is 0 Å². The predicted molar refractivity (Wildman–Crippen MR) is 77.2 cm³/mol. The molecule has 0 radical (unpaired) electrons. The number of allylic oxidation sites excluding steroid dienone is 4. The molecule has 3 rings (SSSR count). The first-order valence-electron chi connectivity index (χ1n) is 5.49.